The maximum Gasteiger partial charge on any atom is 0.224 e. The number of fused-ring (bicyclic) bond motifs is 1. The lowest BCUT2D eigenvalue weighted by Crippen LogP contribution is -2.55. The van der Waals surface area contributed by atoms with Crippen molar-refractivity contribution in [3.63, 3.8) is 0 Å². The number of anilines is 1. The van der Waals surface area contributed by atoms with E-state index in [1.165, 1.54) is 0 Å². The molecule has 0 radical (unpaired) electrons. The van der Waals surface area contributed by atoms with Crippen molar-refractivity contribution in [2.24, 2.45) is 0 Å². The first-order chi connectivity index (χ1) is 11.1. The number of phenols is 1. The molecule has 0 saturated heterocycles. The van der Waals surface area contributed by atoms with Gasteiger partial charge in [0.25, 0.3) is 0 Å². The van der Waals surface area contributed by atoms with Crippen LogP contribution in [0.2, 0.25) is 5.02 Å². The number of rotatable bonds is 1. The van der Waals surface area contributed by atoms with Gasteiger partial charge in [0.1, 0.15) is 5.75 Å². The molecule has 0 spiro atoms. The van der Waals surface area contributed by atoms with Crippen molar-refractivity contribution in [1.29, 1.82) is 0 Å². The first-order valence-corrected chi connectivity index (χ1v) is 8.43. The molecule has 1 amide bonds. The molecule has 3 rings (SSSR count). The van der Waals surface area contributed by atoms with E-state index in [0.29, 0.717) is 5.02 Å². The van der Waals surface area contributed by atoms with Crippen LogP contribution in [0.4, 0.5) is 5.69 Å². The van der Waals surface area contributed by atoms with Crippen LogP contribution in [0.5, 0.6) is 5.75 Å². The second-order valence-corrected chi connectivity index (χ2v) is 7.82. The number of phenolic OH excluding ortho intramolecular Hbond substituents is 1. The lowest BCUT2D eigenvalue weighted by molar-refractivity contribution is -0.117. The zero-order valence-corrected chi connectivity index (χ0v) is 15.2. The summed E-state index contributed by atoms with van der Waals surface area (Å²) in [4.78, 5) is 14.1. The molecule has 1 aliphatic rings. The summed E-state index contributed by atoms with van der Waals surface area (Å²) in [5.74, 6) is 0.140. The minimum Gasteiger partial charge on any atom is -0.508 e. The number of aromatic hydroxyl groups is 1. The second-order valence-electron chi connectivity index (χ2n) is 7.38. The minimum atomic E-state index is -0.374. The van der Waals surface area contributed by atoms with E-state index in [4.69, 9.17) is 11.6 Å². The van der Waals surface area contributed by atoms with Crippen molar-refractivity contribution in [1.82, 2.24) is 0 Å². The zero-order chi connectivity index (χ0) is 17.7. The predicted molar refractivity (Wildman–Crippen MR) is 97.9 cm³/mol. The van der Waals surface area contributed by atoms with Crippen LogP contribution in [0.25, 0.3) is 0 Å². The first-order valence-electron chi connectivity index (χ1n) is 8.05. The van der Waals surface area contributed by atoms with Gasteiger partial charge in [0, 0.05) is 29.0 Å². The Bertz CT molecular complexity index is 798. The van der Waals surface area contributed by atoms with Gasteiger partial charge in [0.2, 0.25) is 5.91 Å². The summed E-state index contributed by atoms with van der Waals surface area (Å²) in [7, 11) is 0. The predicted octanol–water partition coefficient (Wildman–Crippen LogP) is 4.89. The molecule has 1 heterocycles. The molecule has 1 aliphatic heterocycles. The molecule has 2 aromatic carbocycles. The number of nitrogens with zero attached hydrogens (tertiary/aromatic N) is 1. The molecule has 2 aromatic rings. The Morgan fingerprint density at radius 3 is 2.33 bits per heavy atom. The van der Waals surface area contributed by atoms with E-state index in [1.54, 1.807) is 24.0 Å². The molecule has 0 bridgehead atoms. The molecule has 0 fully saturated rings. The maximum absolute atomic E-state index is 12.3. The van der Waals surface area contributed by atoms with Crippen molar-refractivity contribution < 1.29 is 9.90 Å². The Labute approximate surface area is 147 Å². The van der Waals surface area contributed by atoms with Crippen molar-refractivity contribution >= 4 is 23.2 Å². The van der Waals surface area contributed by atoms with E-state index in [0.717, 1.165) is 23.2 Å². The Kier molecular flexibility index (Phi) is 3.88. The Hall–Kier alpha value is -2.00. The monoisotopic (exact) mass is 343 g/mol. The molecule has 1 atom stereocenters. The fourth-order valence-corrected chi connectivity index (χ4v) is 4.33. The summed E-state index contributed by atoms with van der Waals surface area (Å²) in [5.41, 5.74) is 2.31. The van der Waals surface area contributed by atoms with Gasteiger partial charge in [0.05, 0.1) is 5.69 Å². The van der Waals surface area contributed by atoms with Gasteiger partial charge in [-0.3, -0.25) is 4.79 Å². The fraction of sp³-hybridized carbons (Fsp3) is 0.350. The minimum absolute atomic E-state index is 0.0231. The zero-order valence-electron chi connectivity index (χ0n) is 14.4. The summed E-state index contributed by atoms with van der Waals surface area (Å²) in [6.45, 7) is 7.89. The van der Waals surface area contributed by atoms with Gasteiger partial charge in [-0.25, -0.2) is 0 Å². The van der Waals surface area contributed by atoms with Crippen LogP contribution in [0.15, 0.2) is 42.5 Å². The highest BCUT2D eigenvalue weighted by atomic mass is 35.5. The fourth-order valence-electron chi connectivity index (χ4n) is 4.21. The standard InChI is InChI=1S/C20H22ClNO2/c1-13(23)22-18-11-16(24)9-10-17(18)20(4,12-19(22,2)3)14-5-7-15(21)8-6-14/h5-11,24H,12H2,1-4H3. The van der Waals surface area contributed by atoms with Crippen molar-refractivity contribution in [3.05, 3.63) is 58.6 Å². The smallest absolute Gasteiger partial charge is 0.224 e. The number of hydrogen-bond donors (Lipinski definition) is 1. The van der Waals surface area contributed by atoms with Crippen molar-refractivity contribution in [2.75, 3.05) is 4.90 Å². The number of carbonyl (C=O) groups excluding carboxylic acids is 1. The topological polar surface area (TPSA) is 40.5 Å². The average molecular weight is 344 g/mol. The molecular formula is C20H22ClNO2. The second kappa shape index (κ2) is 5.52. The summed E-state index contributed by atoms with van der Waals surface area (Å²) >= 11 is 6.05. The largest absolute Gasteiger partial charge is 0.508 e. The van der Waals surface area contributed by atoms with Crippen LogP contribution in [-0.4, -0.2) is 16.6 Å². The molecule has 1 unspecified atom stereocenters. The van der Waals surface area contributed by atoms with E-state index in [1.807, 2.05) is 30.3 Å². The molecule has 4 heteroatoms. The molecule has 3 nitrogen and oxygen atoms in total. The number of benzene rings is 2. The summed E-state index contributed by atoms with van der Waals surface area (Å²) in [6.07, 6.45) is 0.777. The van der Waals surface area contributed by atoms with Crippen molar-refractivity contribution in [3.8, 4) is 5.75 Å². The SMILES string of the molecule is CC(=O)N1c2cc(O)ccc2C(C)(c2ccc(Cl)cc2)CC1(C)C. The summed E-state index contributed by atoms with van der Waals surface area (Å²) in [6, 6.07) is 13.2. The number of halogens is 1. The average Bonchev–Trinajstić information content (AvgIpc) is 2.45. The molecule has 126 valence electrons. The van der Waals surface area contributed by atoms with E-state index < -0.39 is 0 Å². The van der Waals surface area contributed by atoms with Crippen LogP contribution in [-0.2, 0) is 10.2 Å². The van der Waals surface area contributed by atoms with Crippen LogP contribution >= 0.6 is 11.6 Å². The lowest BCUT2D eigenvalue weighted by atomic mass is 9.65. The summed E-state index contributed by atoms with van der Waals surface area (Å²) < 4.78 is 0. The van der Waals surface area contributed by atoms with Crippen LogP contribution in [0, 0.1) is 0 Å². The van der Waals surface area contributed by atoms with E-state index in [-0.39, 0.29) is 22.6 Å². The van der Waals surface area contributed by atoms with Gasteiger partial charge in [-0.2, -0.15) is 0 Å². The number of hydrogen-bond acceptors (Lipinski definition) is 2. The highest BCUT2D eigenvalue weighted by Gasteiger charge is 2.47. The third-order valence-electron chi connectivity index (χ3n) is 5.00. The van der Waals surface area contributed by atoms with Crippen molar-refractivity contribution in [2.45, 2.75) is 45.1 Å². The normalized spacial score (nSPS) is 22.1. The molecule has 0 saturated carbocycles. The molecule has 0 aliphatic carbocycles. The number of carbonyl (C=O) groups is 1. The first kappa shape index (κ1) is 16.8. The third-order valence-corrected chi connectivity index (χ3v) is 5.26. The van der Waals surface area contributed by atoms with Gasteiger partial charge >= 0.3 is 0 Å². The highest BCUT2D eigenvalue weighted by Crippen LogP contribution is 2.51. The number of amides is 1. The van der Waals surface area contributed by atoms with E-state index in [2.05, 4.69) is 20.8 Å². The van der Waals surface area contributed by atoms with E-state index in [9.17, 15) is 9.90 Å². The van der Waals surface area contributed by atoms with E-state index >= 15 is 0 Å². The Balaban J connectivity index is 2.28. The maximum atomic E-state index is 12.3. The molecule has 24 heavy (non-hydrogen) atoms. The summed E-state index contributed by atoms with van der Waals surface area (Å²) in [5, 5.41) is 10.7. The van der Waals surface area contributed by atoms with Gasteiger partial charge in [-0.15, -0.1) is 0 Å². The Morgan fingerprint density at radius 1 is 1.12 bits per heavy atom. The lowest BCUT2D eigenvalue weighted by Gasteiger charge is -2.51. The third kappa shape index (κ3) is 2.57. The van der Waals surface area contributed by atoms with Gasteiger partial charge in [-0.1, -0.05) is 36.7 Å². The van der Waals surface area contributed by atoms with Crippen LogP contribution in [0.3, 0.4) is 0 Å². The van der Waals surface area contributed by atoms with Crippen LogP contribution in [0.1, 0.15) is 45.2 Å². The molecule has 1 N–H and O–H groups in total. The van der Waals surface area contributed by atoms with Gasteiger partial charge in [-0.05, 0) is 49.6 Å². The van der Waals surface area contributed by atoms with Gasteiger partial charge < -0.3 is 10.0 Å². The van der Waals surface area contributed by atoms with Gasteiger partial charge in [0.15, 0.2) is 0 Å². The van der Waals surface area contributed by atoms with Crippen LogP contribution < -0.4 is 4.90 Å². The Morgan fingerprint density at radius 2 is 1.75 bits per heavy atom. The molecular weight excluding hydrogens is 322 g/mol. The molecule has 0 aromatic heterocycles. The highest BCUT2D eigenvalue weighted by molar-refractivity contribution is 6.30. The quantitative estimate of drug-likeness (QED) is 0.801.